The first kappa shape index (κ1) is 17.7. The van der Waals surface area contributed by atoms with Crippen LogP contribution in [0.1, 0.15) is 51.6 Å². The number of hydrogen-bond acceptors (Lipinski definition) is 3. The van der Waals surface area contributed by atoms with Crippen molar-refractivity contribution in [3.8, 4) is 0 Å². The lowest BCUT2D eigenvalue weighted by molar-refractivity contribution is 0.0952. The summed E-state index contributed by atoms with van der Waals surface area (Å²) in [7, 11) is 0. The predicted octanol–water partition coefficient (Wildman–Crippen LogP) is 2.71. The topological polar surface area (TPSA) is 59.0 Å². The van der Waals surface area contributed by atoms with Crippen LogP contribution in [0.15, 0.2) is 24.3 Å². The number of amides is 1. The number of nitrogens with zero attached hydrogens (tertiary/aromatic N) is 2. The number of piperidine rings is 1. The third kappa shape index (κ3) is 4.10. The highest BCUT2D eigenvalue weighted by molar-refractivity contribution is 5.94. The van der Waals surface area contributed by atoms with Crippen LogP contribution in [0.3, 0.4) is 0 Å². The van der Waals surface area contributed by atoms with Gasteiger partial charge in [0.2, 0.25) is 0 Å². The van der Waals surface area contributed by atoms with Crippen molar-refractivity contribution in [2.75, 3.05) is 19.6 Å². The molecule has 1 fully saturated rings. The molecule has 5 nitrogen and oxygen atoms in total. The van der Waals surface area contributed by atoms with E-state index in [9.17, 15) is 4.79 Å². The zero-order valence-electron chi connectivity index (χ0n) is 15.4. The van der Waals surface area contributed by atoms with E-state index < -0.39 is 0 Å². The summed E-state index contributed by atoms with van der Waals surface area (Å²) in [4.78, 5) is 12.3. The number of aromatic nitrogens is 2. The first-order chi connectivity index (χ1) is 12.1. The Morgan fingerprint density at radius 2 is 2.04 bits per heavy atom. The quantitative estimate of drug-likeness (QED) is 0.880. The highest BCUT2D eigenvalue weighted by atomic mass is 16.1. The fourth-order valence-electron chi connectivity index (χ4n) is 3.42. The molecule has 3 rings (SSSR count). The summed E-state index contributed by atoms with van der Waals surface area (Å²) in [6, 6.07) is 8.06. The third-order valence-electron chi connectivity index (χ3n) is 5.29. The van der Waals surface area contributed by atoms with Gasteiger partial charge < -0.3 is 10.6 Å². The van der Waals surface area contributed by atoms with Gasteiger partial charge in [0.15, 0.2) is 0 Å². The highest BCUT2D eigenvalue weighted by Gasteiger charge is 2.15. The molecule has 2 heterocycles. The minimum Gasteiger partial charge on any atom is -0.350 e. The van der Waals surface area contributed by atoms with Crippen LogP contribution in [-0.4, -0.2) is 35.3 Å². The average molecular weight is 340 g/mol. The van der Waals surface area contributed by atoms with E-state index in [1.807, 2.05) is 23.7 Å². The van der Waals surface area contributed by atoms with Crippen LogP contribution in [0.25, 0.3) is 0 Å². The van der Waals surface area contributed by atoms with Crippen molar-refractivity contribution < 1.29 is 4.79 Å². The molecule has 2 N–H and O–H groups in total. The maximum absolute atomic E-state index is 12.3. The van der Waals surface area contributed by atoms with Crippen molar-refractivity contribution in [1.82, 2.24) is 20.4 Å². The molecule has 1 aromatic heterocycles. The Labute approximate surface area is 149 Å². The summed E-state index contributed by atoms with van der Waals surface area (Å²) < 4.78 is 1.96. The van der Waals surface area contributed by atoms with E-state index in [2.05, 4.69) is 41.7 Å². The standard InChI is InChI=1S/C20H28N4O/c1-14-15(2)23-24(16(14)3)12-11-22-20(25)18-8-6-17(7-9-18)19-5-4-10-21-13-19/h6-9,19,21H,4-5,10-13H2,1-3H3,(H,22,25)/t19-/m1/s1. The van der Waals surface area contributed by atoms with E-state index >= 15 is 0 Å². The number of hydrogen-bond donors (Lipinski definition) is 2. The van der Waals surface area contributed by atoms with Gasteiger partial charge in [-0.1, -0.05) is 12.1 Å². The van der Waals surface area contributed by atoms with Crippen molar-refractivity contribution in [2.45, 2.75) is 46.1 Å². The number of carbonyl (C=O) groups excluding carboxylic acids is 1. The van der Waals surface area contributed by atoms with Crippen molar-refractivity contribution in [1.29, 1.82) is 0 Å². The second-order valence-electron chi connectivity index (χ2n) is 6.94. The van der Waals surface area contributed by atoms with Crippen molar-refractivity contribution >= 4 is 5.91 Å². The molecule has 0 radical (unpaired) electrons. The van der Waals surface area contributed by atoms with Gasteiger partial charge in [0.25, 0.3) is 5.91 Å². The van der Waals surface area contributed by atoms with Crippen molar-refractivity contribution in [2.24, 2.45) is 0 Å². The minimum atomic E-state index is -0.0217. The van der Waals surface area contributed by atoms with E-state index in [4.69, 9.17) is 0 Å². The van der Waals surface area contributed by atoms with E-state index in [0.29, 0.717) is 19.0 Å². The number of carbonyl (C=O) groups is 1. The minimum absolute atomic E-state index is 0.0217. The van der Waals surface area contributed by atoms with Gasteiger partial charge in [-0.2, -0.15) is 5.10 Å². The number of aryl methyl sites for hydroxylation is 1. The second kappa shape index (κ2) is 7.83. The normalized spacial score (nSPS) is 17.5. The molecular formula is C20H28N4O. The lowest BCUT2D eigenvalue weighted by Gasteiger charge is -2.23. The molecule has 0 unspecified atom stereocenters. The van der Waals surface area contributed by atoms with Crippen LogP contribution in [0.2, 0.25) is 0 Å². The van der Waals surface area contributed by atoms with Gasteiger partial charge in [-0.25, -0.2) is 0 Å². The molecule has 0 aliphatic carbocycles. The summed E-state index contributed by atoms with van der Waals surface area (Å²) >= 11 is 0. The molecule has 1 aromatic carbocycles. The van der Waals surface area contributed by atoms with Crippen LogP contribution in [0.5, 0.6) is 0 Å². The molecule has 1 aliphatic heterocycles. The molecule has 0 saturated carbocycles. The summed E-state index contributed by atoms with van der Waals surface area (Å²) in [5, 5.41) is 10.9. The SMILES string of the molecule is Cc1nn(CCNC(=O)c2ccc([C@@H]3CCCNC3)cc2)c(C)c1C. The summed E-state index contributed by atoms with van der Waals surface area (Å²) in [5.74, 6) is 0.548. The largest absolute Gasteiger partial charge is 0.350 e. The zero-order chi connectivity index (χ0) is 17.8. The van der Waals surface area contributed by atoms with Gasteiger partial charge in [-0.3, -0.25) is 9.48 Å². The fraction of sp³-hybridized carbons (Fsp3) is 0.500. The molecule has 2 aromatic rings. The molecule has 1 atom stereocenters. The van der Waals surface area contributed by atoms with Crippen molar-refractivity contribution in [3.63, 3.8) is 0 Å². The van der Waals surface area contributed by atoms with Crippen LogP contribution < -0.4 is 10.6 Å². The molecule has 1 amide bonds. The maximum Gasteiger partial charge on any atom is 0.251 e. The molecule has 25 heavy (non-hydrogen) atoms. The van der Waals surface area contributed by atoms with E-state index in [-0.39, 0.29) is 5.91 Å². The zero-order valence-corrected chi connectivity index (χ0v) is 15.4. The Morgan fingerprint density at radius 3 is 2.64 bits per heavy atom. The van der Waals surface area contributed by atoms with Gasteiger partial charge in [0, 0.05) is 24.3 Å². The van der Waals surface area contributed by atoms with Gasteiger partial charge in [-0.05, 0) is 69.3 Å². The summed E-state index contributed by atoms with van der Waals surface area (Å²) in [6.07, 6.45) is 2.44. The van der Waals surface area contributed by atoms with Crippen LogP contribution >= 0.6 is 0 Å². The molecule has 1 aliphatic rings. The van der Waals surface area contributed by atoms with Gasteiger partial charge in [-0.15, -0.1) is 0 Å². The molecule has 1 saturated heterocycles. The molecule has 0 bridgehead atoms. The first-order valence-corrected chi connectivity index (χ1v) is 9.15. The highest BCUT2D eigenvalue weighted by Crippen LogP contribution is 2.23. The third-order valence-corrected chi connectivity index (χ3v) is 5.29. The smallest absolute Gasteiger partial charge is 0.251 e. The van der Waals surface area contributed by atoms with Crippen molar-refractivity contribution in [3.05, 3.63) is 52.3 Å². The second-order valence-corrected chi connectivity index (χ2v) is 6.94. The Morgan fingerprint density at radius 1 is 1.28 bits per heavy atom. The van der Waals surface area contributed by atoms with Gasteiger partial charge in [0.05, 0.1) is 12.2 Å². The Kier molecular flexibility index (Phi) is 5.53. The molecule has 5 heteroatoms. The maximum atomic E-state index is 12.3. The van der Waals surface area contributed by atoms with Crippen LogP contribution in [-0.2, 0) is 6.54 Å². The van der Waals surface area contributed by atoms with E-state index in [1.165, 1.54) is 24.0 Å². The summed E-state index contributed by atoms with van der Waals surface area (Å²) in [5.41, 5.74) is 5.48. The Balaban J connectivity index is 1.53. The van der Waals surface area contributed by atoms with Crippen LogP contribution in [0.4, 0.5) is 0 Å². The fourth-order valence-corrected chi connectivity index (χ4v) is 3.42. The van der Waals surface area contributed by atoms with Crippen LogP contribution in [0, 0.1) is 20.8 Å². The summed E-state index contributed by atoms with van der Waals surface area (Å²) in [6.45, 7) is 9.58. The number of nitrogens with one attached hydrogen (secondary N) is 2. The molecule has 134 valence electrons. The Bertz CT molecular complexity index is 727. The van der Waals surface area contributed by atoms with E-state index in [0.717, 1.165) is 30.0 Å². The monoisotopic (exact) mass is 340 g/mol. The lowest BCUT2D eigenvalue weighted by atomic mass is 9.91. The van der Waals surface area contributed by atoms with Gasteiger partial charge in [0.1, 0.15) is 0 Å². The number of benzene rings is 1. The lowest BCUT2D eigenvalue weighted by Crippen LogP contribution is -2.29. The molecular weight excluding hydrogens is 312 g/mol. The number of rotatable bonds is 5. The van der Waals surface area contributed by atoms with E-state index in [1.54, 1.807) is 0 Å². The molecule has 0 spiro atoms. The first-order valence-electron chi connectivity index (χ1n) is 9.15. The Hall–Kier alpha value is -2.14. The van der Waals surface area contributed by atoms with Gasteiger partial charge >= 0.3 is 0 Å². The average Bonchev–Trinajstić information content (AvgIpc) is 2.89. The predicted molar refractivity (Wildman–Crippen MR) is 100 cm³/mol.